The predicted molar refractivity (Wildman–Crippen MR) is 108 cm³/mol. The van der Waals surface area contributed by atoms with E-state index >= 15 is 0 Å². The second-order valence-corrected chi connectivity index (χ2v) is 9.23. The summed E-state index contributed by atoms with van der Waals surface area (Å²) >= 11 is 6.10. The number of amides is 1. The van der Waals surface area contributed by atoms with Crippen LogP contribution in [0.5, 0.6) is 0 Å². The van der Waals surface area contributed by atoms with Crippen LogP contribution in [-0.4, -0.2) is 39.7 Å². The van der Waals surface area contributed by atoms with Crippen molar-refractivity contribution in [3.05, 3.63) is 58.6 Å². The van der Waals surface area contributed by atoms with E-state index in [0.717, 1.165) is 37.9 Å². The van der Waals surface area contributed by atoms with Gasteiger partial charge >= 0.3 is 0 Å². The SMILES string of the molecule is CS(=O)(=O)c1ccc(Cl)c(C(=O)NC2CCN(c3ccc(C#N)cc3)CC2)c1. The van der Waals surface area contributed by atoms with Gasteiger partial charge in [-0.05, 0) is 55.3 Å². The summed E-state index contributed by atoms with van der Waals surface area (Å²) in [7, 11) is -3.42. The maximum absolute atomic E-state index is 12.6. The molecule has 3 rings (SSSR count). The zero-order valence-electron chi connectivity index (χ0n) is 15.4. The van der Waals surface area contributed by atoms with Gasteiger partial charge in [0.05, 0.1) is 27.1 Å². The first-order chi connectivity index (χ1) is 13.3. The molecule has 1 N–H and O–H groups in total. The highest BCUT2D eigenvalue weighted by atomic mass is 35.5. The maximum Gasteiger partial charge on any atom is 0.253 e. The van der Waals surface area contributed by atoms with E-state index in [1.807, 2.05) is 12.1 Å². The third-order valence-electron chi connectivity index (χ3n) is 4.80. The molecule has 0 bridgehead atoms. The van der Waals surface area contributed by atoms with E-state index < -0.39 is 9.84 Å². The predicted octanol–water partition coefficient (Wildman–Crippen LogP) is 3.01. The van der Waals surface area contributed by atoms with Crippen molar-refractivity contribution in [1.29, 1.82) is 5.26 Å². The molecule has 2 aromatic carbocycles. The van der Waals surface area contributed by atoms with E-state index in [0.29, 0.717) is 5.56 Å². The number of nitrogens with zero attached hydrogens (tertiary/aromatic N) is 2. The molecule has 0 unspecified atom stereocenters. The molecule has 0 saturated carbocycles. The van der Waals surface area contributed by atoms with Crippen LogP contribution in [0.4, 0.5) is 5.69 Å². The molecule has 0 spiro atoms. The van der Waals surface area contributed by atoms with Gasteiger partial charge in [-0.1, -0.05) is 11.6 Å². The second kappa shape index (κ2) is 8.21. The van der Waals surface area contributed by atoms with Crippen LogP contribution in [-0.2, 0) is 9.84 Å². The van der Waals surface area contributed by atoms with Crippen LogP contribution in [0.1, 0.15) is 28.8 Å². The molecule has 28 heavy (non-hydrogen) atoms. The highest BCUT2D eigenvalue weighted by Crippen LogP contribution is 2.23. The lowest BCUT2D eigenvalue weighted by molar-refractivity contribution is 0.0931. The number of halogens is 1. The van der Waals surface area contributed by atoms with Gasteiger partial charge in [-0.3, -0.25) is 4.79 Å². The standard InChI is InChI=1S/C20H20ClN3O3S/c1-28(26,27)17-6-7-19(21)18(12-17)20(25)23-15-8-10-24(11-9-15)16-4-2-14(13-22)3-5-16/h2-7,12,15H,8-11H2,1H3,(H,23,25). The lowest BCUT2D eigenvalue weighted by Crippen LogP contribution is -2.44. The molecule has 0 atom stereocenters. The van der Waals surface area contributed by atoms with Gasteiger partial charge in [0.1, 0.15) is 0 Å². The number of sulfone groups is 1. The minimum atomic E-state index is -3.42. The van der Waals surface area contributed by atoms with E-state index in [1.54, 1.807) is 12.1 Å². The van der Waals surface area contributed by atoms with Crippen LogP contribution < -0.4 is 10.2 Å². The number of carbonyl (C=O) groups is 1. The Labute approximate surface area is 169 Å². The van der Waals surface area contributed by atoms with Crippen LogP contribution >= 0.6 is 11.6 Å². The maximum atomic E-state index is 12.6. The molecule has 1 saturated heterocycles. The van der Waals surface area contributed by atoms with Gasteiger partial charge in [0.25, 0.3) is 5.91 Å². The number of carbonyl (C=O) groups excluding carboxylic acids is 1. The Balaban J connectivity index is 1.63. The van der Waals surface area contributed by atoms with Crippen molar-refractivity contribution in [3.8, 4) is 6.07 Å². The first-order valence-electron chi connectivity index (χ1n) is 8.83. The molecule has 1 fully saturated rings. The number of piperidine rings is 1. The van der Waals surface area contributed by atoms with Gasteiger partial charge < -0.3 is 10.2 Å². The molecular weight excluding hydrogens is 398 g/mol. The third kappa shape index (κ3) is 4.64. The number of hydrogen-bond donors (Lipinski definition) is 1. The highest BCUT2D eigenvalue weighted by molar-refractivity contribution is 7.90. The highest BCUT2D eigenvalue weighted by Gasteiger charge is 2.23. The number of nitriles is 1. The Morgan fingerprint density at radius 2 is 1.82 bits per heavy atom. The first-order valence-corrected chi connectivity index (χ1v) is 11.1. The van der Waals surface area contributed by atoms with Crippen LogP contribution in [0, 0.1) is 11.3 Å². The van der Waals surface area contributed by atoms with E-state index in [4.69, 9.17) is 16.9 Å². The first kappa shape index (κ1) is 20.2. The van der Waals surface area contributed by atoms with E-state index in [2.05, 4.69) is 16.3 Å². The summed E-state index contributed by atoms with van der Waals surface area (Å²) in [5.74, 6) is -0.368. The van der Waals surface area contributed by atoms with Gasteiger partial charge in [-0.25, -0.2) is 8.42 Å². The Hall–Kier alpha value is -2.56. The molecular formula is C20H20ClN3O3S. The number of anilines is 1. The van der Waals surface area contributed by atoms with Gasteiger partial charge in [-0.2, -0.15) is 5.26 Å². The zero-order valence-corrected chi connectivity index (χ0v) is 16.9. The average Bonchev–Trinajstić information content (AvgIpc) is 2.68. The van der Waals surface area contributed by atoms with Crippen molar-refractivity contribution in [2.24, 2.45) is 0 Å². The molecule has 8 heteroatoms. The lowest BCUT2D eigenvalue weighted by Gasteiger charge is -2.34. The van der Waals surface area contributed by atoms with E-state index in [-0.39, 0.29) is 27.4 Å². The molecule has 1 aliphatic rings. The molecule has 2 aromatic rings. The molecule has 1 amide bonds. The van der Waals surface area contributed by atoms with Gasteiger partial charge in [0.2, 0.25) is 0 Å². The third-order valence-corrected chi connectivity index (χ3v) is 6.24. The van der Waals surface area contributed by atoms with Gasteiger partial charge in [-0.15, -0.1) is 0 Å². The lowest BCUT2D eigenvalue weighted by atomic mass is 10.0. The van der Waals surface area contributed by atoms with Gasteiger partial charge in [0.15, 0.2) is 9.84 Å². The van der Waals surface area contributed by atoms with Crippen molar-refractivity contribution in [2.75, 3.05) is 24.2 Å². The monoisotopic (exact) mass is 417 g/mol. The molecule has 146 valence electrons. The summed E-state index contributed by atoms with van der Waals surface area (Å²) in [5.41, 5.74) is 1.84. The minimum absolute atomic E-state index is 0.0138. The summed E-state index contributed by atoms with van der Waals surface area (Å²) in [5, 5.41) is 12.1. The number of nitrogens with one attached hydrogen (secondary N) is 1. The fourth-order valence-electron chi connectivity index (χ4n) is 3.20. The molecule has 0 aromatic heterocycles. The second-order valence-electron chi connectivity index (χ2n) is 6.81. The van der Waals surface area contributed by atoms with Crippen molar-refractivity contribution in [1.82, 2.24) is 5.32 Å². The van der Waals surface area contributed by atoms with Crippen LogP contribution in [0.15, 0.2) is 47.4 Å². The Bertz CT molecular complexity index is 1020. The smallest absolute Gasteiger partial charge is 0.253 e. The molecule has 0 aliphatic carbocycles. The Kier molecular flexibility index (Phi) is 5.92. The number of benzene rings is 2. The summed E-state index contributed by atoms with van der Waals surface area (Å²) in [6.07, 6.45) is 2.61. The van der Waals surface area contributed by atoms with Crippen LogP contribution in [0.3, 0.4) is 0 Å². The van der Waals surface area contributed by atoms with Crippen LogP contribution in [0.25, 0.3) is 0 Å². The molecule has 6 nitrogen and oxygen atoms in total. The molecule has 1 aliphatic heterocycles. The van der Waals surface area contributed by atoms with E-state index in [1.165, 1.54) is 18.2 Å². The fourth-order valence-corrected chi connectivity index (χ4v) is 4.05. The fraction of sp³-hybridized carbons (Fsp3) is 0.300. The summed E-state index contributed by atoms with van der Waals surface area (Å²) in [4.78, 5) is 14.9. The van der Waals surface area contributed by atoms with Crippen LogP contribution in [0.2, 0.25) is 5.02 Å². The number of hydrogen-bond acceptors (Lipinski definition) is 5. The summed E-state index contributed by atoms with van der Waals surface area (Å²) in [6.45, 7) is 1.54. The quantitative estimate of drug-likeness (QED) is 0.825. The topological polar surface area (TPSA) is 90.3 Å². The normalized spacial score (nSPS) is 15.1. The van der Waals surface area contributed by atoms with Crippen molar-refractivity contribution >= 4 is 33.0 Å². The zero-order chi connectivity index (χ0) is 20.3. The Morgan fingerprint density at radius 1 is 1.18 bits per heavy atom. The van der Waals surface area contributed by atoms with E-state index in [9.17, 15) is 13.2 Å². The average molecular weight is 418 g/mol. The summed E-state index contributed by atoms with van der Waals surface area (Å²) in [6, 6.07) is 13.7. The number of rotatable bonds is 4. The molecule has 0 radical (unpaired) electrons. The Morgan fingerprint density at radius 3 is 2.39 bits per heavy atom. The van der Waals surface area contributed by atoms with Crippen molar-refractivity contribution in [3.63, 3.8) is 0 Å². The minimum Gasteiger partial charge on any atom is -0.371 e. The van der Waals surface area contributed by atoms with Crippen molar-refractivity contribution < 1.29 is 13.2 Å². The largest absolute Gasteiger partial charge is 0.371 e. The van der Waals surface area contributed by atoms with Gasteiger partial charge in [0, 0.05) is 31.1 Å². The summed E-state index contributed by atoms with van der Waals surface area (Å²) < 4.78 is 23.4. The molecule has 1 heterocycles. The van der Waals surface area contributed by atoms with Crippen molar-refractivity contribution in [2.45, 2.75) is 23.8 Å².